The van der Waals surface area contributed by atoms with Crippen molar-refractivity contribution >= 4 is 28.5 Å². The normalized spacial score (nSPS) is 10.8. The molecule has 0 atom stereocenters. The summed E-state index contributed by atoms with van der Waals surface area (Å²) in [5, 5.41) is 2.78. The Morgan fingerprint density at radius 3 is 2.54 bits per heavy atom. The van der Waals surface area contributed by atoms with E-state index in [1.807, 2.05) is 66.1 Å². The number of carbonyl (C=O) groups is 2. The summed E-state index contributed by atoms with van der Waals surface area (Å²) < 4.78 is 6.70. The molecule has 0 aliphatic heterocycles. The maximum Gasteiger partial charge on any atom is 0.246 e. The molecule has 1 aromatic heterocycles. The third-order valence-electron chi connectivity index (χ3n) is 4.43. The molecule has 28 heavy (non-hydrogen) atoms. The molecule has 3 rings (SSSR count). The van der Waals surface area contributed by atoms with Crippen LogP contribution < -0.4 is 10.2 Å². The number of likely N-dealkylation sites (N-methyl/N-ethyl adjacent to an activating group) is 1. The van der Waals surface area contributed by atoms with Gasteiger partial charge in [0.25, 0.3) is 0 Å². The summed E-state index contributed by atoms with van der Waals surface area (Å²) in [6.45, 7) is 2.86. The Kier molecular flexibility index (Phi) is 6.39. The summed E-state index contributed by atoms with van der Waals surface area (Å²) in [5.74, 6) is 0.358. The second-order valence-corrected chi connectivity index (χ2v) is 6.29. The van der Waals surface area contributed by atoms with Gasteiger partial charge in [-0.25, -0.2) is 4.98 Å². The van der Waals surface area contributed by atoms with E-state index < -0.39 is 0 Å². The number of benzene rings is 2. The molecule has 0 aliphatic carbocycles. The number of amides is 2. The first-order chi connectivity index (χ1) is 13.6. The fraction of sp³-hybridized carbons (Fsp3) is 0.286. The SMILES string of the molecule is CCN(C(=O)Cn1c(CNC(=O)COC)nc2ccccc21)c1ccccc1. The molecule has 7 heteroatoms. The number of para-hydroxylation sites is 3. The molecule has 0 saturated carbocycles. The summed E-state index contributed by atoms with van der Waals surface area (Å²) in [6.07, 6.45) is 0. The number of methoxy groups -OCH3 is 1. The quantitative estimate of drug-likeness (QED) is 0.651. The summed E-state index contributed by atoms with van der Waals surface area (Å²) >= 11 is 0. The molecule has 2 amide bonds. The topological polar surface area (TPSA) is 76.5 Å². The van der Waals surface area contributed by atoms with Gasteiger partial charge in [-0.1, -0.05) is 30.3 Å². The number of imidazole rings is 1. The number of fused-ring (bicyclic) bond motifs is 1. The maximum atomic E-state index is 13.0. The van der Waals surface area contributed by atoms with E-state index >= 15 is 0 Å². The van der Waals surface area contributed by atoms with Crippen molar-refractivity contribution in [2.75, 3.05) is 25.2 Å². The fourth-order valence-corrected chi connectivity index (χ4v) is 3.13. The Labute approximate surface area is 163 Å². The Bertz CT molecular complexity index is 953. The van der Waals surface area contributed by atoms with E-state index in [-0.39, 0.29) is 31.5 Å². The number of rotatable bonds is 8. The fourth-order valence-electron chi connectivity index (χ4n) is 3.13. The van der Waals surface area contributed by atoms with Crippen molar-refractivity contribution in [1.29, 1.82) is 0 Å². The van der Waals surface area contributed by atoms with Crippen molar-refractivity contribution in [3.8, 4) is 0 Å². The first-order valence-corrected chi connectivity index (χ1v) is 9.19. The second-order valence-electron chi connectivity index (χ2n) is 6.29. The molecule has 1 N–H and O–H groups in total. The van der Waals surface area contributed by atoms with Crippen molar-refractivity contribution < 1.29 is 14.3 Å². The summed E-state index contributed by atoms with van der Waals surface area (Å²) in [7, 11) is 1.47. The van der Waals surface area contributed by atoms with E-state index in [4.69, 9.17) is 4.74 Å². The average molecular weight is 380 g/mol. The van der Waals surface area contributed by atoms with Gasteiger partial charge in [-0.05, 0) is 31.2 Å². The van der Waals surface area contributed by atoms with Crippen molar-refractivity contribution in [2.45, 2.75) is 20.0 Å². The van der Waals surface area contributed by atoms with Gasteiger partial charge in [0.15, 0.2) is 0 Å². The van der Waals surface area contributed by atoms with Crippen LogP contribution in [0.2, 0.25) is 0 Å². The van der Waals surface area contributed by atoms with Gasteiger partial charge in [0, 0.05) is 19.3 Å². The second kappa shape index (κ2) is 9.14. The van der Waals surface area contributed by atoms with Crippen LogP contribution in [0.3, 0.4) is 0 Å². The van der Waals surface area contributed by atoms with Crippen LogP contribution >= 0.6 is 0 Å². The van der Waals surface area contributed by atoms with E-state index in [0.29, 0.717) is 12.4 Å². The molecule has 0 aliphatic rings. The molecule has 7 nitrogen and oxygen atoms in total. The summed E-state index contributed by atoms with van der Waals surface area (Å²) in [4.78, 5) is 31.1. The number of carbonyl (C=O) groups excluding carboxylic acids is 2. The van der Waals surface area contributed by atoms with Crippen LogP contribution in [0.25, 0.3) is 11.0 Å². The lowest BCUT2D eigenvalue weighted by molar-refractivity contribution is -0.124. The Morgan fingerprint density at radius 1 is 1.11 bits per heavy atom. The molecule has 0 fully saturated rings. The van der Waals surface area contributed by atoms with Crippen LogP contribution in [0.5, 0.6) is 0 Å². The minimum absolute atomic E-state index is 0.0171. The van der Waals surface area contributed by atoms with Crippen LogP contribution in [-0.2, 0) is 27.4 Å². The molecule has 0 saturated heterocycles. The number of aromatic nitrogens is 2. The number of nitrogens with zero attached hydrogens (tertiary/aromatic N) is 3. The minimum atomic E-state index is -0.230. The van der Waals surface area contributed by atoms with Gasteiger partial charge in [0.1, 0.15) is 19.0 Å². The third kappa shape index (κ3) is 4.37. The summed E-state index contributed by atoms with van der Waals surface area (Å²) in [6, 6.07) is 17.2. The van der Waals surface area contributed by atoms with Crippen LogP contribution in [0, 0.1) is 0 Å². The van der Waals surface area contributed by atoms with Gasteiger partial charge >= 0.3 is 0 Å². The van der Waals surface area contributed by atoms with E-state index in [9.17, 15) is 9.59 Å². The smallest absolute Gasteiger partial charge is 0.246 e. The third-order valence-corrected chi connectivity index (χ3v) is 4.43. The first kappa shape index (κ1) is 19.6. The lowest BCUT2D eigenvalue weighted by Gasteiger charge is -2.22. The van der Waals surface area contributed by atoms with Crippen molar-refractivity contribution in [2.24, 2.45) is 0 Å². The monoisotopic (exact) mass is 380 g/mol. The molecule has 1 heterocycles. The van der Waals surface area contributed by atoms with Crippen LogP contribution in [0.15, 0.2) is 54.6 Å². The zero-order valence-corrected chi connectivity index (χ0v) is 16.1. The maximum absolute atomic E-state index is 13.0. The van der Waals surface area contributed by atoms with Crippen molar-refractivity contribution in [3.63, 3.8) is 0 Å². The number of hydrogen-bond acceptors (Lipinski definition) is 4. The Hall–Kier alpha value is -3.19. The van der Waals surface area contributed by atoms with Gasteiger partial charge in [0.05, 0.1) is 17.6 Å². The van der Waals surface area contributed by atoms with E-state index in [2.05, 4.69) is 10.3 Å². The largest absolute Gasteiger partial charge is 0.375 e. The highest BCUT2D eigenvalue weighted by atomic mass is 16.5. The highest BCUT2D eigenvalue weighted by Crippen LogP contribution is 2.18. The lowest BCUT2D eigenvalue weighted by atomic mass is 10.2. The van der Waals surface area contributed by atoms with Gasteiger partial charge < -0.3 is 19.5 Å². The minimum Gasteiger partial charge on any atom is -0.375 e. The number of nitrogens with one attached hydrogen (secondary N) is 1. The molecular formula is C21H24N4O3. The highest BCUT2D eigenvalue weighted by Gasteiger charge is 2.18. The van der Waals surface area contributed by atoms with E-state index in [1.54, 1.807) is 4.90 Å². The Balaban J connectivity index is 1.87. The molecule has 0 spiro atoms. The van der Waals surface area contributed by atoms with Crippen LogP contribution in [0.1, 0.15) is 12.7 Å². The van der Waals surface area contributed by atoms with Gasteiger partial charge in [-0.15, -0.1) is 0 Å². The van der Waals surface area contributed by atoms with E-state index in [1.165, 1.54) is 7.11 Å². The highest BCUT2D eigenvalue weighted by molar-refractivity contribution is 5.94. The molecule has 0 radical (unpaired) electrons. The molecule has 0 bridgehead atoms. The number of anilines is 1. The molecule has 2 aromatic carbocycles. The van der Waals surface area contributed by atoms with Crippen LogP contribution in [-0.4, -0.2) is 41.6 Å². The lowest BCUT2D eigenvalue weighted by Crippen LogP contribution is -2.34. The van der Waals surface area contributed by atoms with Gasteiger partial charge in [-0.3, -0.25) is 9.59 Å². The molecule has 0 unspecified atom stereocenters. The first-order valence-electron chi connectivity index (χ1n) is 9.19. The molecule has 3 aromatic rings. The van der Waals surface area contributed by atoms with E-state index in [0.717, 1.165) is 16.7 Å². The van der Waals surface area contributed by atoms with Crippen LogP contribution in [0.4, 0.5) is 5.69 Å². The standard InChI is InChI=1S/C21H24N4O3/c1-3-24(16-9-5-4-6-10-16)21(27)14-25-18-12-8-7-11-17(18)23-19(25)13-22-20(26)15-28-2/h4-12H,3,13-15H2,1-2H3,(H,22,26). The zero-order chi connectivity index (χ0) is 19.9. The molecular weight excluding hydrogens is 356 g/mol. The average Bonchev–Trinajstić information content (AvgIpc) is 3.05. The number of hydrogen-bond donors (Lipinski definition) is 1. The van der Waals surface area contributed by atoms with Gasteiger partial charge in [0.2, 0.25) is 11.8 Å². The summed E-state index contributed by atoms with van der Waals surface area (Å²) in [5.41, 5.74) is 2.50. The Morgan fingerprint density at radius 2 is 1.82 bits per heavy atom. The number of ether oxygens (including phenoxy) is 1. The van der Waals surface area contributed by atoms with Gasteiger partial charge in [-0.2, -0.15) is 0 Å². The van der Waals surface area contributed by atoms with Crippen molar-refractivity contribution in [1.82, 2.24) is 14.9 Å². The zero-order valence-electron chi connectivity index (χ0n) is 16.1. The predicted molar refractivity (Wildman–Crippen MR) is 108 cm³/mol. The van der Waals surface area contributed by atoms with Crippen molar-refractivity contribution in [3.05, 3.63) is 60.4 Å². The molecule has 146 valence electrons. The predicted octanol–water partition coefficient (Wildman–Crippen LogP) is 2.35.